The molecule has 0 aliphatic heterocycles. The van der Waals surface area contributed by atoms with Gasteiger partial charge in [0, 0.05) is 18.8 Å². The van der Waals surface area contributed by atoms with Crippen LogP contribution in [-0.4, -0.2) is 19.8 Å². The second-order valence-corrected chi connectivity index (χ2v) is 4.25. The molecule has 0 spiro atoms. The predicted octanol–water partition coefficient (Wildman–Crippen LogP) is 2.46. The highest BCUT2D eigenvalue weighted by Gasteiger charge is 2.23. The van der Waals surface area contributed by atoms with Gasteiger partial charge in [0.25, 0.3) is 5.69 Å². The van der Waals surface area contributed by atoms with E-state index >= 15 is 0 Å². The molecule has 2 aromatic rings. The van der Waals surface area contributed by atoms with Crippen LogP contribution in [0.4, 0.5) is 5.69 Å². The third kappa shape index (κ3) is 2.01. The summed E-state index contributed by atoms with van der Waals surface area (Å²) >= 11 is 3.02. The lowest BCUT2D eigenvalue weighted by Gasteiger charge is -2.03. The monoisotopic (exact) mass is 297 g/mol. The van der Waals surface area contributed by atoms with Gasteiger partial charge in [-0.05, 0) is 28.1 Å². The summed E-state index contributed by atoms with van der Waals surface area (Å²) < 4.78 is 1.63. The normalized spacial score (nSPS) is 10.5. The van der Waals surface area contributed by atoms with Crippen molar-refractivity contribution in [3.05, 3.63) is 39.1 Å². The molecular weight excluding hydrogens is 290 g/mol. The summed E-state index contributed by atoms with van der Waals surface area (Å²) in [4.78, 5) is 10.5. The number of halogens is 1. The first-order valence-corrected chi connectivity index (χ1v) is 5.45. The number of aromatic nitrogens is 2. The van der Waals surface area contributed by atoms with Crippen LogP contribution >= 0.6 is 15.9 Å². The maximum absolute atomic E-state index is 11.0. The molecule has 1 aromatic carbocycles. The van der Waals surface area contributed by atoms with Crippen molar-refractivity contribution in [2.24, 2.45) is 7.05 Å². The number of rotatable bonds is 2. The molecule has 0 fully saturated rings. The minimum Gasteiger partial charge on any atom is -0.507 e. The Balaban J connectivity index is 2.70. The van der Waals surface area contributed by atoms with Gasteiger partial charge in [0.1, 0.15) is 10.2 Å². The van der Waals surface area contributed by atoms with Gasteiger partial charge in [-0.1, -0.05) is 0 Å². The van der Waals surface area contributed by atoms with Gasteiger partial charge in [0.2, 0.25) is 0 Å². The minimum absolute atomic E-state index is 0.0730. The van der Waals surface area contributed by atoms with E-state index < -0.39 is 4.92 Å². The van der Waals surface area contributed by atoms with E-state index in [1.165, 1.54) is 18.3 Å². The van der Waals surface area contributed by atoms with Crippen molar-refractivity contribution in [3.8, 4) is 16.9 Å². The molecule has 0 atom stereocenters. The summed E-state index contributed by atoms with van der Waals surface area (Å²) in [5.41, 5.74) is 0.866. The maximum Gasteiger partial charge on any atom is 0.295 e. The number of hydrogen-bond donors (Lipinski definition) is 1. The second-order valence-electron chi connectivity index (χ2n) is 3.45. The first kappa shape index (κ1) is 11.6. The molecule has 0 aliphatic carbocycles. The van der Waals surface area contributed by atoms with E-state index in [0.29, 0.717) is 11.1 Å². The third-order valence-electron chi connectivity index (χ3n) is 2.29. The summed E-state index contributed by atoms with van der Waals surface area (Å²) in [6.07, 6.45) is 3.21. The lowest BCUT2D eigenvalue weighted by Crippen LogP contribution is -1.93. The number of aromatic hydroxyl groups is 1. The molecule has 88 valence electrons. The predicted molar refractivity (Wildman–Crippen MR) is 64.7 cm³/mol. The fourth-order valence-corrected chi connectivity index (χ4v) is 2.02. The van der Waals surface area contributed by atoms with E-state index in [2.05, 4.69) is 21.0 Å². The summed E-state index contributed by atoms with van der Waals surface area (Å²) in [7, 11) is 1.73. The van der Waals surface area contributed by atoms with Crippen molar-refractivity contribution in [2.45, 2.75) is 0 Å². The Morgan fingerprint density at radius 3 is 2.76 bits per heavy atom. The van der Waals surface area contributed by atoms with Gasteiger partial charge in [-0.3, -0.25) is 14.8 Å². The highest BCUT2D eigenvalue weighted by atomic mass is 79.9. The highest BCUT2D eigenvalue weighted by Crippen LogP contribution is 2.40. The number of nitrogens with zero attached hydrogens (tertiary/aromatic N) is 3. The molecule has 0 amide bonds. The van der Waals surface area contributed by atoms with Crippen molar-refractivity contribution in [2.75, 3.05) is 0 Å². The van der Waals surface area contributed by atoms with Gasteiger partial charge in [0.15, 0.2) is 0 Å². The van der Waals surface area contributed by atoms with Crippen LogP contribution in [0.3, 0.4) is 0 Å². The van der Waals surface area contributed by atoms with Gasteiger partial charge in [-0.2, -0.15) is 5.10 Å². The fraction of sp³-hybridized carbons (Fsp3) is 0.100. The Morgan fingerprint density at radius 1 is 1.53 bits per heavy atom. The van der Waals surface area contributed by atoms with E-state index in [4.69, 9.17) is 0 Å². The van der Waals surface area contributed by atoms with Gasteiger partial charge in [-0.15, -0.1) is 0 Å². The Kier molecular flexibility index (Phi) is 2.84. The number of phenolic OH excluding ortho intramolecular Hbond substituents is 1. The van der Waals surface area contributed by atoms with E-state index in [1.54, 1.807) is 17.9 Å². The van der Waals surface area contributed by atoms with Crippen LogP contribution in [0, 0.1) is 10.1 Å². The average Bonchev–Trinajstić information content (AvgIpc) is 2.68. The fourth-order valence-electron chi connectivity index (χ4n) is 1.53. The number of hydrogen-bond acceptors (Lipinski definition) is 4. The average molecular weight is 298 g/mol. The Labute approximate surface area is 105 Å². The number of aryl methyl sites for hydroxylation is 1. The summed E-state index contributed by atoms with van der Waals surface area (Å²) in [6.45, 7) is 0. The molecule has 0 aliphatic rings. The topological polar surface area (TPSA) is 81.2 Å². The van der Waals surface area contributed by atoms with E-state index in [9.17, 15) is 15.2 Å². The number of benzene rings is 1. The second kappa shape index (κ2) is 4.17. The smallest absolute Gasteiger partial charge is 0.295 e. The van der Waals surface area contributed by atoms with E-state index in [1.807, 2.05) is 0 Å². The largest absolute Gasteiger partial charge is 0.507 e. The van der Waals surface area contributed by atoms with Crippen LogP contribution in [0.2, 0.25) is 0 Å². The molecule has 0 saturated carbocycles. The zero-order valence-corrected chi connectivity index (χ0v) is 10.4. The van der Waals surface area contributed by atoms with Gasteiger partial charge in [0.05, 0.1) is 16.7 Å². The first-order chi connectivity index (χ1) is 8.00. The number of nitro groups is 1. The van der Waals surface area contributed by atoms with Gasteiger partial charge >= 0.3 is 0 Å². The molecule has 1 heterocycles. The van der Waals surface area contributed by atoms with E-state index in [0.717, 1.165) is 0 Å². The quantitative estimate of drug-likeness (QED) is 0.682. The minimum atomic E-state index is -0.536. The Morgan fingerprint density at radius 2 is 2.24 bits per heavy atom. The Bertz CT molecular complexity index is 594. The third-order valence-corrected chi connectivity index (χ3v) is 3.08. The zero-order valence-electron chi connectivity index (χ0n) is 8.79. The standard InChI is InChI=1S/C10H8BrN3O3/c1-13-5-6(4-12-13)7-2-3-8(15)9(11)10(7)14(16)17/h2-5,15H,1H3. The summed E-state index contributed by atoms with van der Waals surface area (Å²) in [6, 6.07) is 2.90. The van der Waals surface area contributed by atoms with Gasteiger partial charge in [-0.25, -0.2) is 0 Å². The molecular formula is C10H8BrN3O3. The molecule has 1 aromatic heterocycles. The molecule has 0 bridgehead atoms. The summed E-state index contributed by atoms with van der Waals surface area (Å²) in [5.74, 6) is -0.163. The van der Waals surface area contributed by atoms with Crippen LogP contribution in [-0.2, 0) is 7.05 Å². The lowest BCUT2D eigenvalue weighted by molar-refractivity contribution is -0.385. The van der Waals surface area contributed by atoms with Crippen molar-refractivity contribution in [3.63, 3.8) is 0 Å². The summed E-state index contributed by atoms with van der Waals surface area (Å²) in [5, 5.41) is 24.4. The van der Waals surface area contributed by atoms with Gasteiger partial charge < -0.3 is 5.11 Å². The molecule has 7 heteroatoms. The first-order valence-electron chi connectivity index (χ1n) is 4.65. The molecule has 0 radical (unpaired) electrons. The molecule has 0 saturated heterocycles. The van der Waals surface area contributed by atoms with Crippen LogP contribution < -0.4 is 0 Å². The molecule has 1 N–H and O–H groups in total. The molecule has 17 heavy (non-hydrogen) atoms. The van der Waals surface area contributed by atoms with E-state index in [-0.39, 0.29) is 15.9 Å². The van der Waals surface area contributed by atoms with Crippen molar-refractivity contribution in [1.82, 2.24) is 9.78 Å². The molecule has 2 rings (SSSR count). The van der Waals surface area contributed by atoms with Crippen molar-refractivity contribution < 1.29 is 10.0 Å². The van der Waals surface area contributed by atoms with Crippen LogP contribution in [0.1, 0.15) is 0 Å². The lowest BCUT2D eigenvalue weighted by atomic mass is 10.1. The maximum atomic E-state index is 11.0. The zero-order chi connectivity index (χ0) is 12.6. The molecule has 0 unspecified atom stereocenters. The van der Waals surface area contributed by atoms with Crippen LogP contribution in [0.25, 0.3) is 11.1 Å². The highest BCUT2D eigenvalue weighted by molar-refractivity contribution is 9.10. The van der Waals surface area contributed by atoms with Crippen LogP contribution in [0.15, 0.2) is 29.0 Å². The Hall–Kier alpha value is -1.89. The van der Waals surface area contributed by atoms with Crippen molar-refractivity contribution >= 4 is 21.6 Å². The van der Waals surface area contributed by atoms with Crippen molar-refractivity contribution in [1.29, 1.82) is 0 Å². The number of nitro benzene ring substituents is 1. The number of phenols is 1. The SMILES string of the molecule is Cn1cc(-c2ccc(O)c(Br)c2[N+](=O)[O-])cn1. The molecule has 6 nitrogen and oxygen atoms in total. The van der Waals surface area contributed by atoms with Crippen LogP contribution in [0.5, 0.6) is 5.75 Å².